The number of nitro groups is 1. The largest absolute Gasteiger partial charge is 0.352 e. The highest BCUT2D eigenvalue weighted by Crippen LogP contribution is 2.38. The Bertz CT molecular complexity index is 883. The fraction of sp³-hybridized carbons (Fsp3) is 0.350. The molecule has 0 atom stereocenters. The van der Waals surface area contributed by atoms with Crippen molar-refractivity contribution in [3.63, 3.8) is 0 Å². The van der Waals surface area contributed by atoms with E-state index in [4.69, 9.17) is 0 Å². The molecule has 1 saturated carbocycles. The molecule has 8 nitrogen and oxygen atoms in total. The molecule has 0 N–H and O–H groups in total. The molecular formula is C20H21N5O3. The van der Waals surface area contributed by atoms with Crippen LogP contribution >= 0.6 is 0 Å². The van der Waals surface area contributed by atoms with Crippen LogP contribution in [0.2, 0.25) is 0 Å². The average Bonchev–Trinajstić information content (AvgIpc) is 3.58. The maximum Gasteiger partial charge on any atom is 0.269 e. The monoisotopic (exact) mass is 379 g/mol. The second kappa shape index (κ2) is 7.75. The summed E-state index contributed by atoms with van der Waals surface area (Å²) in [5, 5.41) is 19.3. The van der Waals surface area contributed by atoms with E-state index in [0.29, 0.717) is 32.1 Å². The molecule has 144 valence electrons. The maximum absolute atomic E-state index is 12.4. The lowest BCUT2D eigenvalue weighted by atomic mass is 10.2. The first-order valence-electron chi connectivity index (χ1n) is 9.40. The number of carbonyl (C=O) groups excluding carboxylic acids is 1. The minimum Gasteiger partial charge on any atom is -0.352 e. The average molecular weight is 379 g/mol. The number of piperazine rings is 1. The van der Waals surface area contributed by atoms with Gasteiger partial charge in [0.1, 0.15) is 0 Å². The summed E-state index contributed by atoms with van der Waals surface area (Å²) in [7, 11) is 0. The number of non-ortho nitro benzene ring substituents is 1. The Labute approximate surface area is 162 Å². The molecule has 2 aromatic rings. The van der Waals surface area contributed by atoms with Crippen LogP contribution in [0.5, 0.6) is 0 Å². The van der Waals surface area contributed by atoms with E-state index in [-0.39, 0.29) is 11.6 Å². The molecule has 2 fully saturated rings. The number of rotatable bonds is 5. The van der Waals surface area contributed by atoms with Crippen LogP contribution in [-0.2, 0) is 4.79 Å². The summed E-state index contributed by atoms with van der Waals surface area (Å²) >= 11 is 0. The molecule has 0 spiro atoms. The number of hydrogen-bond donors (Lipinski definition) is 0. The third-order valence-electron chi connectivity index (χ3n) is 5.10. The van der Waals surface area contributed by atoms with Crippen molar-refractivity contribution in [2.24, 2.45) is 0 Å². The molecule has 0 unspecified atom stereocenters. The van der Waals surface area contributed by atoms with Gasteiger partial charge in [0.2, 0.25) is 5.91 Å². The van der Waals surface area contributed by atoms with Gasteiger partial charge in [-0.1, -0.05) is 0 Å². The van der Waals surface area contributed by atoms with Crippen molar-refractivity contribution in [3.8, 4) is 0 Å². The quantitative estimate of drug-likeness (QED) is 0.450. The summed E-state index contributed by atoms with van der Waals surface area (Å²) in [6, 6.07) is 10.2. The minimum atomic E-state index is -0.442. The Morgan fingerprint density at radius 3 is 2.32 bits per heavy atom. The molecule has 1 saturated heterocycles. The van der Waals surface area contributed by atoms with Gasteiger partial charge in [-0.25, -0.2) is 0 Å². The lowest BCUT2D eigenvalue weighted by Gasteiger charge is -2.34. The molecule has 1 aliphatic heterocycles. The molecule has 0 bridgehead atoms. The van der Waals surface area contributed by atoms with E-state index in [1.807, 2.05) is 6.07 Å². The van der Waals surface area contributed by atoms with Gasteiger partial charge in [0.15, 0.2) is 5.82 Å². The Balaban J connectivity index is 1.30. The van der Waals surface area contributed by atoms with Gasteiger partial charge in [0.05, 0.1) is 10.6 Å². The highest BCUT2D eigenvalue weighted by molar-refractivity contribution is 5.92. The Kier molecular flexibility index (Phi) is 5.01. The number of amides is 1. The summed E-state index contributed by atoms with van der Waals surface area (Å²) in [4.78, 5) is 26.6. The first kappa shape index (κ1) is 18.1. The van der Waals surface area contributed by atoms with Crippen LogP contribution in [0.1, 0.15) is 30.0 Å². The van der Waals surface area contributed by atoms with Crippen LogP contribution in [0.4, 0.5) is 11.5 Å². The van der Waals surface area contributed by atoms with Crippen LogP contribution in [0.15, 0.2) is 42.5 Å². The van der Waals surface area contributed by atoms with Crippen molar-refractivity contribution < 1.29 is 9.72 Å². The number of benzene rings is 1. The van der Waals surface area contributed by atoms with E-state index in [9.17, 15) is 14.9 Å². The Morgan fingerprint density at radius 2 is 1.75 bits per heavy atom. The van der Waals surface area contributed by atoms with Crippen molar-refractivity contribution in [3.05, 3.63) is 63.8 Å². The first-order chi connectivity index (χ1) is 13.6. The van der Waals surface area contributed by atoms with Gasteiger partial charge in [-0.3, -0.25) is 14.9 Å². The van der Waals surface area contributed by atoms with Gasteiger partial charge in [-0.05, 0) is 48.7 Å². The summed E-state index contributed by atoms with van der Waals surface area (Å²) in [5.74, 6) is 1.39. The number of anilines is 1. The zero-order chi connectivity index (χ0) is 19.5. The summed E-state index contributed by atoms with van der Waals surface area (Å²) < 4.78 is 0. The van der Waals surface area contributed by atoms with Gasteiger partial charge in [-0.2, -0.15) is 5.10 Å². The molecule has 28 heavy (non-hydrogen) atoms. The van der Waals surface area contributed by atoms with Gasteiger partial charge in [0, 0.05) is 50.3 Å². The van der Waals surface area contributed by atoms with Gasteiger partial charge in [0.25, 0.3) is 5.69 Å². The van der Waals surface area contributed by atoms with Crippen LogP contribution < -0.4 is 4.90 Å². The highest BCUT2D eigenvalue weighted by atomic mass is 16.6. The molecular weight excluding hydrogens is 358 g/mol. The third kappa shape index (κ3) is 4.16. The maximum atomic E-state index is 12.4. The normalized spacial score (nSPS) is 17.1. The molecule has 1 aromatic carbocycles. The predicted molar refractivity (Wildman–Crippen MR) is 105 cm³/mol. The zero-order valence-electron chi connectivity index (χ0n) is 15.4. The summed E-state index contributed by atoms with van der Waals surface area (Å²) in [6.45, 7) is 2.67. The van der Waals surface area contributed by atoms with Crippen LogP contribution in [-0.4, -0.2) is 52.1 Å². The molecule has 2 aliphatic rings. The molecule has 1 amide bonds. The summed E-state index contributed by atoms with van der Waals surface area (Å²) in [5.41, 5.74) is 1.87. The third-order valence-corrected chi connectivity index (χ3v) is 5.10. The SMILES string of the molecule is O=C(/C=C/c1ccc([N+](=O)[O-])cc1)N1CCN(c2ccc(C3CC3)nn2)CC1. The molecule has 1 aromatic heterocycles. The number of nitrogens with zero attached hydrogens (tertiary/aromatic N) is 5. The fourth-order valence-electron chi connectivity index (χ4n) is 3.24. The van der Waals surface area contributed by atoms with Crippen molar-refractivity contribution in [1.29, 1.82) is 0 Å². The standard InChI is InChI=1S/C20H21N5O3/c26-20(10-3-15-1-6-17(7-2-15)25(27)28)24-13-11-23(12-14-24)19-9-8-18(21-22-19)16-4-5-16/h1-3,6-10,16H,4-5,11-14H2/b10-3+. The molecule has 1 aliphatic carbocycles. The van der Waals surface area contributed by atoms with Crippen molar-refractivity contribution in [2.75, 3.05) is 31.1 Å². The number of aromatic nitrogens is 2. The Hall–Kier alpha value is -3.29. The smallest absolute Gasteiger partial charge is 0.269 e. The predicted octanol–water partition coefficient (Wildman–Crippen LogP) is 2.62. The number of carbonyl (C=O) groups is 1. The molecule has 0 radical (unpaired) electrons. The highest BCUT2D eigenvalue weighted by Gasteiger charge is 2.26. The van der Waals surface area contributed by atoms with Gasteiger partial charge in [-0.15, -0.1) is 5.10 Å². The number of nitro benzene ring substituents is 1. The van der Waals surface area contributed by atoms with Crippen molar-refractivity contribution in [2.45, 2.75) is 18.8 Å². The van der Waals surface area contributed by atoms with E-state index >= 15 is 0 Å². The van der Waals surface area contributed by atoms with E-state index in [0.717, 1.165) is 17.1 Å². The zero-order valence-corrected chi connectivity index (χ0v) is 15.4. The van der Waals surface area contributed by atoms with Gasteiger partial charge < -0.3 is 9.80 Å². The number of hydrogen-bond acceptors (Lipinski definition) is 6. The van der Waals surface area contributed by atoms with E-state index in [2.05, 4.69) is 21.2 Å². The van der Waals surface area contributed by atoms with Gasteiger partial charge >= 0.3 is 0 Å². The molecule has 2 heterocycles. The van der Waals surface area contributed by atoms with Crippen molar-refractivity contribution in [1.82, 2.24) is 15.1 Å². The van der Waals surface area contributed by atoms with E-state index in [1.54, 1.807) is 23.1 Å². The lowest BCUT2D eigenvalue weighted by molar-refractivity contribution is -0.384. The van der Waals surface area contributed by atoms with E-state index < -0.39 is 4.92 Å². The van der Waals surface area contributed by atoms with E-state index in [1.165, 1.54) is 31.1 Å². The second-order valence-corrected chi connectivity index (χ2v) is 7.08. The first-order valence-corrected chi connectivity index (χ1v) is 9.40. The Morgan fingerprint density at radius 1 is 1.04 bits per heavy atom. The fourth-order valence-corrected chi connectivity index (χ4v) is 3.24. The molecule has 8 heteroatoms. The van der Waals surface area contributed by atoms with Crippen LogP contribution in [0, 0.1) is 10.1 Å². The topological polar surface area (TPSA) is 92.5 Å². The lowest BCUT2D eigenvalue weighted by Crippen LogP contribution is -2.48. The van der Waals surface area contributed by atoms with Crippen molar-refractivity contribution >= 4 is 23.5 Å². The second-order valence-electron chi connectivity index (χ2n) is 7.08. The summed E-state index contributed by atoms with van der Waals surface area (Å²) in [6.07, 6.45) is 5.62. The van der Waals surface area contributed by atoms with Crippen LogP contribution in [0.3, 0.4) is 0 Å². The minimum absolute atomic E-state index is 0.0351. The van der Waals surface area contributed by atoms with Crippen LogP contribution in [0.25, 0.3) is 6.08 Å². The molecule has 4 rings (SSSR count).